The topological polar surface area (TPSA) is 65.1 Å². The monoisotopic (exact) mass is 315 g/mol. The first-order valence-corrected chi connectivity index (χ1v) is 7.50. The van der Waals surface area contributed by atoms with E-state index in [1.165, 1.54) is 7.11 Å². The first-order valence-electron chi connectivity index (χ1n) is 7.50. The molecule has 1 aromatic rings. The predicted octanol–water partition coefficient (Wildman–Crippen LogP) is 1.15. The zero-order chi connectivity index (χ0) is 16.2. The minimum Gasteiger partial charge on any atom is -0.497 e. The molecule has 4 rings (SSSR count). The van der Waals surface area contributed by atoms with E-state index in [1.807, 2.05) is 24.3 Å². The van der Waals surface area contributed by atoms with Crippen molar-refractivity contribution in [1.29, 1.82) is 0 Å². The van der Waals surface area contributed by atoms with Crippen LogP contribution in [0.15, 0.2) is 36.4 Å². The Balaban J connectivity index is 1.68. The van der Waals surface area contributed by atoms with Crippen molar-refractivity contribution in [1.82, 2.24) is 0 Å². The Labute approximate surface area is 133 Å². The van der Waals surface area contributed by atoms with Crippen molar-refractivity contribution in [3.63, 3.8) is 0 Å². The third-order valence-corrected chi connectivity index (χ3v) is 4.96. The first kappa shape index (κ1) is 14.3. The molecule has 1 aromatic carbocycles. The molecule has 0 radical (unpaired) electrons. The van der Waals surface area contributed by atoms with E-state index in [0.29, 0.717) is 6.54 Å². The number of rotatable bonds is 3. The van der Waals surface area contributed by atoms with E-state index in [4.69, 9.17) is 14.2 Å². The van der Waals surface area contributed by atoms with Gasteiger partial charge in [-0.25, -0.2) is 0 Å². The molecule has 1 amide bonds. The average molecular weight is 315 g/mol. The number of methoxy groups -OCH3 is 2. The Morgan fingerprint density at radius 2 is 2.04 bits per heavy atom. The van der Waals surface area contributed by atoms with Gasteiger partial charge >= 0.3 is 5.97 Å². The molecule has 2 fully saturated rings. The number of hydrogen-bond acceptors (Lipinski definition) is 5. The largest absolute Gasteiger partial charge is 0.497 e. The van der Waals surface area contributed by atoms with Crippen LogP contribution in [-0.2, 0) is 19.1 Å². The number of nitrogens with zero attached hydrogens (tertiary/aromatic N) is 1. The fraction of sp³-hybridized carbons (Fsp3) is 0.412. The molecule has 2 saturated heterocycles. The molecule has 1 spiro atoms. The highest BCUT2D eigenvalue weighted by atomic mass is 16.5. The third-order valence-electron chi connectivity index (χ3n) is 4.96. The number of anilines is 1. The second-order valence-electron chi connectivity index (χ2n) is 6.05. The fourth-order valence-electron chi connectivity index (χ4n) is 3.88. The van der Waals surface area contributed by atoms with Crippen molar-refractivity contribution in [3.8, 4) is 5.75 Å². The number of amides is 1. The minimum atomic E-state index is -0.722. The molecule has 3 aliphatic rings. The fourth-order valence-corrected chi connectivity index (χ4v) is 3.88. The van der Waals surface area contributed by atoms with Gasteiger partial charge in [-0.1, -0.05) is 12.2 Å². The summed E-state index contributed by atoms with van der Waals surface area (Å²) in [4.78, 5) is 26.7. The smallest absolute Gasteiger partial charge is 0.312 e. The lowest BCUT2D eigenvalue weighted by Crippen LogP contribution is -2.39. The van der Waals surface area contributed by atoms with Crippen LogP contribution in [0.4, 0.5) is 5.69 Å². The number of hydrogen-bond donors (Lipinski definition) is 0. The Bertz CT molecular complexity index is 697. The van der Waals surface area contributed by atoms with E-state index in [1.54, 1.807) is 24.1 Å². The molecule has 6 nitrogen and oxygen atoms in total. The van der Waals surface area contributed by atoms with Crippen LogP contribution < -0.4 is 9.64 Å². The van der Waals surface area contributed by atoms with Crippen LogP contribution in [0, 0.1) is 11.8 Å². The number of ether oxygens (including phenoxy) is 3. The zero-order valence-electron chi connectivity index (χ0n) is 12.9. The highest BCUT2D eigenvalue weighted by Crippen LogP contribution is 2.52. The quantitative estimate of drug-likeness (QED) is 0.618. The summed E-state index contributed by atoms with van der Waals surface area (Å²) >= 11 is 0. The maximum absolute atomic E-state index is 12.9. The summed E-state index contributed by atoms with van der Waals surface area (Å²) in [6.45, 7) is 0.406. The summed E-state index contributed by atoms with van der Waals surface area (Å²) < 4.78 is 16.0. The van der Waals surface area contributed by atoms with E-state index in [9.17, 15) is 9.59 Å². The van der Waals surface area contributed by atoms with Crippen molar-refractivity contribution in [2.75, 3.05) is 25.7 Å². The number of esters is 1. The zero-order valence-corrected chi connectivity index (χ0v) is 12.9. The van der Waals surface area contributed by atoms with E-state index >= 15 is 0 Å². The van der Waals surface area contributed by atoms with Crippen LogP contribution in [0.25, 0.3) is 0 Å². The Morgan fingerprint density at radius 3 is 2.70 bits per heavy atom. The van der Waals surface area contributed by atoms with Gasteiger partial charge in [-0.3, -0.25) is 9.59 Å². The SMILES string of the molecule is COC(=O)[C@@H]1[C@@H]2C=C[C@]3(CN(c4ccc(OC)cc4)C(=O)[C@H]13)O2. The van der Waals surface area contributed by atoms with Crippen LogP contribution in [0.3, 0.4) is 0 Å². The predicted molar refractivity (Wildman–Crippen MR) is 81.1 cm³/mol. The van der Waals surface area contributed by atoms with Gasteiger partial charge in [-0.05, 0) is 24.3 Å². The summed E-state index contributed by atoms with van der Waals surface area (Å²) in [5.74, 6) is -0.857. The molecule has 120 valence electrons. The molecule has 0 N–H and O–H groups in total. The molecular formula is C17H17NO5. The maximum Gasteiger partial charge on any atom is 0.312 e. The molecule has 2 bridgehead atoms. The first-order chi connectivity index (χ1) is 11.1. The van der Waals surface area contributed by atoms with Crippen LogP contribution >= 0.6 is 0 Å². The second-order valence-corrected chi connectivity index (χ2v) is 6.05. The lowest BCUT2D eigenvalue weighted by Gasteiger charge is -2.22. The van der Waals surface area contributed by atoms with Crippen molar-refractivity contribution < 1.29 is 23.8 Å². The Kier molecular flexibility index (Phi) is 2.99. The van der Waals surface area contributed by atoms with Gasteiger partial charge in [-0.15, -0.1) is 0 Å². The lowest BCUT2D eigenvalue weighted by molar-refractivity contribution is -0.149. The molecule has 6 heteroatoms. The van der Waals surface area contributed by atoms with E-state index < -0.39 is 23.4 Å². The van der Waals surface area contributed by atoms with E-state index in [-0.39, 0.29) is 12.0 Å². The van der Waals surface area contributed by atoms with Gasteiger partial charge in [0.15, 0.2) is 0 Å². The van der Waals surface area contributed by atoms with Gasteiger partial charge in [0.1, 0.15) is 17.3 Å². The molecule has 0 saturated carbocycles. The number of benzene rings is 1. The second kappa shape index (κ2) is 4.83. The number of fused-ring (bicyclic) bond motifs is 1. The third kappa shape index (κ3) is 1.84. The minimum absolute atomic E-state index is 0.0996. The highest BCUT2D eigenvalue weighted by Gasteiger charge is 2.67. The average Bonchev–Trinajstić information content (AvgIpc) is 3.22. The van der Waals surface area contributed by atoms with E-state index in [0.717, 1.165) is 11.4 Å². The van der Waals surface area contributed by atoms with Crippen LogP contribution in [0.1, 0.15) is 0 Å². The van der Waals surface area contributed by atoms with Gasteiger partial charge in [-0.2, -0.15) is 0 Å². The molecule has 4 atom stereocenters. The van der Waals surface area contributed by atoms with Gasteiger partial charge in [0.05, 0.1) is 32.8 Å². The van der Waals surface area contributed by atoms with E-state index in [2.05, 4.69) is 0 Å². The lowest BCUT2D eigenvalue weighted by atomic mass is 9.77. The summed E-state index contributed by atoms with van der Waals surface area (Å²) in [6.07, 6.45) is 3.42. The van der Waals surface area contributed by atoms with Gasteiger partial charge in [0.25, 0.3) is 0 Å². The van der Waals surface area contributed by atoms with Crippen molar-refractivity contribution in [3.05, 3.63) is 36.4 Å². The number of carbonyl (C=O) groups excluding carboxylic acids is 2. The van der Waals surface area contributed by atoms with Gasteiger partial charge in [0.2, 0.25) is 5.91 Å². The standard InChI is InChI=1S/C17H17NO5/c1-21-11-5-3-10(4-6-11)18-9-17-8-7-12(23-17)13(16(20)22-2)14(17)15(18)19/h3-8,12-14H,9H2,1-2H3/t12-,13+,14-,17+/m0/s1. The molecule has 23 heavy (non-hydrogen) atoms. The van der Waals surface area contributed by atoms with Crippen molar-refractivity contribution in [2.45, 2.75) is 11.7 Å². The van der Waals surface area contributed by atoms with Gasteiger partial charge < -0.3 is 19.1 Å². The molecular weight excluding hydrogens is 298 g/mol. The molecule has 3 aliphatic heterocycles. The number of carbonyl (C=O) groups is 2. The van der Waals surface area contributed by atoms with Crippen LogP contribution in [0.2, 0.25) is 0 Å². The normalized spacial score (nSPS) is 33.9. The maximum atomic E-state index is 12.9. The Hall–Kier alpha value is -2.34. The van der Waals surface area contributed by atoms with Crippen LogP contribution in [-0.4, -0.2) is 44.3 Å². The molecule has 0 aliphatic carbocycles. The van der Waals surface area contributed by atoms with Crippen molar-refractivity contribution >= 4 is 17.6 Å². The highest BCUT2D eigenvalue weighted by molar-refractivity contribution is 6.02. The molecule has 3 heterocycles. The van der Waals surface area contributed by atoms with Crippen LogP contribution in [0.5, 0.6) is 5.75 Å². The molecule has 0 aromatic heterocycles. The summed E-state index contributed by atoms with van der Waals surface area (Å²) in [5, 5.41) is 0. The Morgan fingerprint density at radius 1 is 1.30 bits per heavy atom. The summed E-state index contributed by atoms with van der Waals surface area (Å²) in [7, 11) is 2.93. The van der Waals surface area contributed by atoms with Gasteiger partial charge in [0, 0.05) is 5.69 Å². The summed E-state index contributed by atoms with van der Waals surface area (Å²) in [6, 6.07) is 7.27. The molecule has 0 unspecified atom stereocenters. The summed E-state index contributed by atoms with van der Waals surface area (Å²) in [5.41, 5.74) is 0.0456. The van der Waals surface area contributed by atoms with Crippen molar-refractivity contribution in [2.24, 2.45) is 11.8 Å².